The summed E-state index contributed by atoms with van der Waals surface area (Å²) in [6, 6.07) is 28.0. The van der Waals surface area contributed by atoms with Crippen LogP contribution in [0.1, 0.15) is 16.7 Å². The van der Waals surface area contributed by atoms with Crippen molar-refractivity contribution in [1.82, 2.24) is 24.7 Å². The Kier molecular flexibility index (Phi) is 6.45. The molecule has 6 aromatic rings. The summed E-state index contributed by atoms with van der Waals surface area (Å²) in [6.45, 7) is 0.166. The fraction of sp³-hybridized carbons (Fsp3) is 0.0333. The van der Waals surface area contributed by atoms with E-state index in [1.54, 1.807) is 35.1 Å². The fourth-order valence-corrected chi connectivity index (χ4v) is 4.16. The Morgan fingerprint density at radius 3 is 2.23 bits per heavy atom. The molecule has 6 rings (SSSR count). The molecule has 9 heteroatoms. The average molecular weight is 516 g/mol. The standard InChI is InChI=1S/C30H22FN7O/c31-23-14-8-7-13-22(23)19-38-26(30-33-15-16-39-30)17-24(37-38)29-34-18-25(28(32)36-29)35-27(20-9-3-1-4-10-20)21-11-5-2-6-12-21/h1-18H,19H2,(H2,32,34,36). The molecule has 0 radical (unpaired) electrons. The normalized spacial score (nSPS) is 10.9. The molecule has 0 amide bonds. The number of nitrogens with two attached hydrogens (primary N) is 1. The van der Waals surface area contributed by atoms with Crippen molar-refractivity contribution in [2.75, 3.05) is 5.73 Å². The van der Waals surface area contributed by atoms with E-state index in [2.05, 4.69) is 20.1 Å². The first-order chi connectivity index (χ1) is 19.2. The van der Waals surface area contributed by atoms with Gasteiger partial charge in [0.05, 0.1) is 24.7 Å². The van der Waals surface area contributed by atoms with Crippen molar-refractivity contribution in [3.63, 3.8) is 0 Å². The summed E-state index contributed by atoms with van der Waals surface area (Å²) in [7, 11) is 0. The molecule has 3 aromatic heterocycles. The van der Waals surface area contributed by atoms with Crippen molar-refractivity contribution < 1.29 is 8.81 Å². The Balaban J connectivity index is 1.39. The third-order valence-corrected chi connectivity index (χ3v) is 6.06. The van der Waals surface area contributed by atoms with Gasteiger partial charge in [0, 0.05) is 22.8 Å². The molecule has 3 heterocycles. The molecule has 0 spiro atoms. The molecule has 0 fully saturated rings. The monoisotopic (exact) mass is 515 g/mol. The van der Waals surface area contributed by atoms with Crippen LogP contribution in [0.2, 0.25) is 0 Å². The van der Waals surface area contributed by atoms with Gasteiger partial charge in [0.2, 0.25) is 5.89 Å². The van der Waals surface area contributed by atoms with Crippen molar-refractivity contribution in [2.24, 2.45) is 4.99 Å². The van der Waals surface area contributed by atoms with Gasteiger partial charge >= 0.3 is 0 Å². The maximum Gasteiger partial charge on any atom is 0.244 e. The number of hydrogen-bond donors (Lipinski definition) is 1. The Bertz CT molecular complexity index is 1710. The van der Waals surface area contributed by atoms with Gasteiger partial charge in [0.25, 0.3) is 0 Å². The molecule has 8 nitrogen and oxygen atoms in total. The summed E-state index contributed by atoms with van der Waals surface area (Å²) < 4.78 is 21.5. The SMILES string of the molecule is Nc1nc(-c2cc(-c3ncco3)n(Cc3ccccc3F)n2)ncc1N=C(c1ccccc1)c1ccccc1. The topological polar surface area (TPSA) is 108 Å². The third-order valence-electron chi connectivity index (χ3n) is 6.06. The molecular weight excluding hydrogens is 493 g/mol. The molecule has 0 saturated carbocycles. The predicted molar refractivity (Wildman–Crippen MR) is 147 cm³/mol. The predicted octanol–water partition coefficient (Wildman–Crippen LogP) is 5.93. The van der Waals surface area contributed by atoms with Crippen LogP contribution < -0.4 is 5.73 Å². The van der Waals surface area contributed by atoms with E-state index in [0.717, 1.165) is 16.8 Å². The number of aliphatic imine (C=N–C) groups is 1. The van der Waals surface area contributed by atoms with E-state index in [-0.39, 0.29) is 18.2 Å². The number of halogens is 1. The highest BCUT2D eigenvalue weighted by Crippen LogP contribution is 2.28. The van der Waals surface area contributed by atoms with Crippen molar-refractivity contribution in [3.05, 3.63) is 132 Å². The van der Waals surface area contributed by atoms with Gasteiger partial charge in [-0.1, -0.05) is 78.9 Å². The van der Waals surface area contributed by atoms with Gasteiger partial charge in [-0.05, 0) is 6.07 Å². The van der Waals surface area contributed by atoms with Gasteiger partial charge in [-0.15, -0.1) is 0 Å². The number of rotatable bonds is 7. The highest BCUT2D eigenvalue weighted by Gasteiger charge is 2.19. The molecule has 2 N–H and O–H groups in total. The van der Waals surface area contributed by atoms with Crippen molar-refractivity contribution >= 4 is 17.2 Å². The van der Waals surface area contributed by atoms with Crippen molar-refractivity contribution in [2.45, 2.75) is 6.54 Å². The van der Waals surface area contributed by atoms with Gasteiger partial charge in [-0.3, -0.25) is 4.68 Å². The Labute approximate surface area is 223 Å². The molecule has 0 aliphatic carbocycles. The summed E-state index contributed by atoms with van der Waals surface area (Å²) in [5, 5.41) is 4.63. The minimum absolute atomic E-state index is 0.166. The summed E-state index contributed by atoms with van der Waals surface area (Å²) >= 11 is 0. The third kappa shape index (κ3) is 5.05. The van der Waals surface area contributed by atoms with E-state index in [1.807, 2.05) is 60.7 Å². The summed E-state index contributed by atoms with van der Waals surface area (Å²) in [5.41, 5.74) is 10.9. The number of nitrogen functional groups attached to an aromatic ring is 1. The molecule has 0 aliphatic heterocycles. The Morgan fingerprint density at radius 2 is 1.59 bits per heavy atom. The first kappa shape index (κ1) is 23.9. The molecular formula is C30H22FN7O. The lowest BCUT2D eigenvalue weighted by atomic mass is 10.0. The van der Waals surface area contributed by atoms with Crippen LogP contribution in [0.3, 0.4) is 0 Å². The highest BCUT2D eigenvalue weighted by molar-refractivity contribution is 6.14. The second-order valence-corrected chi connectivity index (χ2v) is 8.66. The minimum Gasteiger partial charge on any atom is -0.443 e. The van der Waals surface area contributed by atoms with Crippen molar-refractivity contribution in [1.29, 1.82) is 0 Å². The number of nitrogens with zero attached hydrogens (tertiary/aromatic N) is 6. The quantitative estimate of drug-likeness (QED) is 0.264. The molecule has 0 saturated heterocycles. The van der Waals surface area contributed by atoms with Gasteiger partial charge in [0.15, 0.2) is 11.6 Å². The largest absolute Gasteiger partial charge is 0.443 e. The fourth-order valence-electron chi connectivity index (χ4n) is 4.16. The molecule has 0 unspecified atom stereocenters. The average Bonchev–Trinajstić information content (AvgIpc) is 3.65. The second kappa shape index (κ2) is 10.5. The number of anilines is 1. The summed E-state index contributed by atoms with van der Waals surface area (Å²) in [5.74, 6) is 0.510. The lowest BCUT2D eigenvalue weighted by Crippen LogP contribution is -2.06. The second-order valence-electron chi connectivity index (χ2n) is 8.66. The van der Waals surface area contributed by atoms with Crippen LogP contribution >= 0.6 is 0 Å². The highest BCUT2D eigenvalue weighted by atomic mass is 19.1. The maximum atomic E-state index is 14.4. The van der Waals surface area contributed by atoms with E-state index < -0.39 is 0 Å². The van der Waals surface area contributed by atoms with Crippen LogP contribution in [0, 0.1) is 5.82 Å². The number of hydrogen-bond acceptors (Lipinski definition) is 7. The molecule has 3 aromatic carbocycles. The Morgan fingerprint density at radius 1 is 0.897 bits per heavy atom. The van der Waals surface area contributed by atoms with Crippen molar-refractivity contribution in [3.8, 4) is 23.1 Å². The number of benzene rings is 3. The molecule has 0 bridgehead atoms. The van der Waals surface area contributed by atoms with Gasteiger partial charge in [0.1, 0.15) is 29.2 Å². The van der Waals surface area contributed by atoms with Crippen LogP contribution in [-0.4, -0.2) is 30.4 Å². The van der Waals surface area contributed by atoms with Crippen LogP contribution in [0.5, 0.6) is 0 Å². The molecule has 0 atom stereocenters. The first-order valence-electron chi connectivity index (χ1n) is 12.2. The van der Waals surface area contributed by atoms with Crippen LogP contribution in [0.25, 0.3) is 23.1 Å². The molecule has 39 heavy (non-hydrogen) atoms. The Hall–Kier alpha value is -5.44. The number of oxazole rings is 1. The van der Waals surface area contributed by atoms with Crippen LogP contribution in [0.15, 0.2) is 119 Å². The van der Waals surface area contributed by atoms with Crippen LogP contribution in [0.4, 0.5) is 15.9 Å². The zero-order chi connectivity index (χ0) is 26.6. The van der Waals surface area contributed by atoms with E-state index in [4.69, 9.17) is 15.1 Å². The van der Waals surface area contributed by atoms with E-state index in [1.165, 1.54) is 18.5 Å². The van der Waals surface area contributed by atoms with Gasteiger partial charge < -0.3 is 10.2 Å². The first-order valence-corrected chi connectivity index (χ1v) is 12.2. The van der Waals surface area contributed by atoms with E-state index >= 15 is 0 Å². The summed E-state index contributed by atoms with van der Waals surface area (Å²) in [4.78, 5) is 18.1. The lowest BCUT2D eigenvalue weighted by molar-refractivity contribution is 0.553. The number of aromatic nitrogens is 5. The lowest BCUT2D eigenvalue weighted by Gasteiger charge is -2.09. The zero-order valence-electron chi connectivity index (χ0n) is 20.6. The molecule has 0 aliphatic rings. The van der Waals surface area contributed by atoms with E-state index in [9.17, 15) is 4.39 Å². The van der Waals surface area contributed by atoms with Gasteiger partial charge in [-0.2, -0.15) is 5.10 Å². The smallest absolute Gasteiger partial charge is 0.244 e. The minimum atomic E-state index is -0.330. The maximum absolute atomic E-state index is 14.4. The van der Waals surface area contributed by atoms with Gasteiger partial charge in [-0.25, -0.2) is 24.3 Å². The molecule has 190 valence electrons. The zero-order valence-corrected chi connectivity index (χ0v) is 20.6. The summed E-state index contributed by atoms with van der Waals surface area (Å²) in [6.07, 6.45) is 4.58. The van der Waals surface area contributed by atoms with Crippen LogP contribution in [-0.2, 0) is 6.54 Å². The van der Waals surface area contributed by atoms with E-state index in [0.29, 0.717) is 34.4 Å².